The van der Waals surface area contributed by atoms with Gasteiger partial charge >= 0.3 is 6.18 Å². The number of ether oxygens (including phenoxy) is 1. The van der Waals surface area contributed by atoms with Crippen molar-refractivity contribution in [1.29, 1.82) is 0 Å². The molecule has 2 atom stereocenters. The molecule has 0 bridgehead atoms. The average molecular weight is 321 g/mol. The number of aliphatic imine (C=N–C) groups is 1. The third kappa shape index (κ3) is 5.81. The van der Waals surface area contributed by atoms with Crippen LogP contribution in [0.15, 0.2) is 4.99 Å². The van der Waals surface area contributed by atoms with Gasteiger partial charge < -0.3 is 4.74 Å². The summed E-state index contributed by atoms with van der Waals surface area (Å²) in [6.07, 6.45) is 6.33. The summed E-state index contributed by atoms with van der Waals surface area (Å²) < 4.78 is 43.8. The molecule has 2 nitrogen and oxygen atoms in total. The summed E-state index contributed by atoms with van der Waals surface area (Å²) >= 11 is 0. The zero-order valence-electron chi connectivity index (χ0n) is 14.1. The van der Waals surface area contributed by atoms with Crippen LogP contribution in [-0.4, -0.2) is 24.2 Å². The van der Waals surface area contributed by atoms with E-state index in [1.54, 1.807) is 0 Å². The first-order chi connectivity index (χ1) is 10.3. The fraction of sp³-hybridized carbons (Fsp3) is 0.941. The number of nitrogens with zero attached hydrogens (tertiary/aromatic N) is 1. The molecule has 0 aromatic heterocycles. The summed E-state index contributed by atoms with van der Waals surface area (Å²) in [6, 6.07) is 0. The molecule has 0 aromatic carbocycles. The van der Waals surface area contributed by atoms with Crippen LogP contribution in [0.25, 0.3) is 0 Å². The molecule has 0 aromatic rings. The molecular weight excluding hydrogens is 291 g/mol. The monoisotopic (exact) mass is 321 g/mol. The molecule has 0 radical (unpaired) electrons. The zero-order chi connectivity index (χ0) is 16.6. The maximum absolute atomic E-state index is 12.9. The molecule has 1 heterocycles. The van der Waals surface area contributed by atoms with Crippen LogP contribution in [0, 0.1) is 5.92 Å². The number of hydrogen-bond donors (Lipinski definition) is 0. The van der Waals surface area contributed by atoms with Gasteiger partial charge in [-0.2, -0.15) is 13.2 Å². The smallest absolute Gasteiger partial charge is 0.416 e. The number of unbranched alkanes of at least 4 members (excludes halogenated alkanes) is 7. The summed E-state index contributed by atoms with van der Waals surface area (Å²) in [7, 11) is 0. The lowest BCUT2D eigenvalue weighted by Crippen LogP contribution is -2.41. The molecule has 0 spiro atoms. The summed E-state index contributed by atoms with van der Waals surface area (Å²) in [5.74, 6) is 0.257. The summed E-state index contributed by atoms with van der Waals surface area (Å²) in [5.41, 5.74) is -2.06. The lowest BCUT2D eigenvalue weighted by molar-refractivity contribution is -0.182. The second-order valence-corrected chi connectivity index (χ2v) is 6.67. The molecule has 2 unspecified atom stereocenters. The SMILES string of the molecule is CCCCCCCCCCC(C)C1=NC(C)(C(F)(F)F)CO1. The Kier molecular flexibility index (Phi) is 7.70. The van der Waals surface area contributed by atoms with Gasteiger partial charge in [-0.05, 0) is 13.3 Å². The van der Waals surface area contributed by atoms with E-state index < -0.39 is 11.7 Å². The Labute approximate surface area is 132 Å². The van der Waals surface area contributed by atoms with Crippen LogP contribution in [0.4, 0.5) is 13.2 Å². The Morgan fingerprint density at radius 2 is 1.64 bits per heavy atom. The standard InChI is InChI=1S/C17H30F3NO/c1-4-5-6-7-8-9-10-11-12-14(2)15-21-16(3,13-22-15)17(18,19)20/h14H,4-13H2,1-3H3. The number of halogens is 3. The fourth-order valence-electron chi connectivity index (χ4n) is 2.63. The van der Waals surface area contributed by atoms with Crippen LogP contribution < -0.4 is 0 Å². The van der Waals surface area contributed by atoms with Gasteiger partial charge in [-0.15, -0.1) is 0 Å². The van der Waals surface area contributed by atoms with E-state index in [9.17, 15) is 13.2 Å². The molecule has 0 aliphatic carbocycles. The minimum absolute atomic E-state index is 0.0238. The van der Waals surface area contributed by atoms with Gasteiger partial charge in [0.05, 0.1) is 0 Å². The molecule has 1 aliphatic rings. The van der Waals surface area contributed by atoms with Gasteiger partial charge in [-0.25, -0.2) is 4.99 Å². The molecule has 0 fully saturated rings. The van der Waals surface area contributed by atoms with Crippen molar-refractivity contribution in [3.8, 4) is 0 Å². The maximum atomic E-state index is 12.9. The minimum Gasteiger partial charge on any atom is -0.478 e. The van der Waals surface area contributed by atoms with Gasteiger partial charge in [0.2, 0.25) is 0 Å². The van der Waals surface area contributed by atoms with E-state index >= 15 is 0 Å². The van der Waals surface area contributed by atoms with Gasteiger partial charge in [0.15, 0.2) is 11.4 Å². The van der Waals surface area contributed by atoms with Crippen LogP contribution in [0.2, 0.25) is 0 Å². The molecule has 1 aliphatic heterocycles. The molecule has 0 saturated carbocycles. The highest BCUT2D eigenvalue weighted by molar-refractivity contribution is 5.80. The van der Waals surface area contributed by atoms with Crippen molar-refractivity contribution in [3.63, 3.8) is 0 Å². The predicted octanol–water partition coefficient (Wildman–Crippen LogP) is 5.90. The lowest BCUT2D eigenvalue weighted by atomic mass is 10.0. The first-order valence-electron chi connectivity index (χ1n) is 8.59. The van der Waals surface area contributed by atoms with E-state index in [2.05, 4.69) is 11.9 Å². The Morgan fingerprint density at radius 3 is 2.14 bits per heavy atom. The fourth-order valence-corrected chi connectivity index (χ4v) is 2.63. The van der Waals surface area contributed by atoms with Crippen LogP contribution in [0.1, 0.15) is 78.6 Å². The molecule has 0 N–H and O–H groups in total. The second kappa shape index (κ2) is 8.78. The molecule has 0 amide bonds. The van der Waals surface area contributed by atoms with Gasteiger partial charge in [0, 0.05) is 5.92 Å². The third-order valence-electron chi connectivity index (χ3n) is 4.38. The molecule has 22 heavy (non-hydrogen) atoms. The molecule has 130 valence electrons. The average Bonchev–Trinajstić information content (AvgIpc) is 2.85. The van der Waals surface area contributed by atoms with E-state index in [0.29, 0.717) is 0 Å². The van der Waals surface area contributed by atoms with Gasteiger partial charge in [0.1, 0.15) is 6.61 Å². The van der Waals surface area contributed by atoms with Crippen molar-refractivity contribution in [2.24, 2.45) is 10.9 Å². The third-order valence-corrected chi connectivity index (χ3v) is 4.38. The van der Waals surface area contributed by atoms with E-state index in [-0.39, 0.29) is 18.4 Å². The van der Waals surface area contributed by atoms with Crippen molar-refractivity contribution in [3.05, 3.63) is 0 Å². The number of rotatable bonds is 10. The molecule has 1 rings (SSSR count). The predicted molar refractivity (Wildman–Crippen MR) is 84.2 cm³/mol. The second-order valence-electron chi connectivity index (χ2n) is 6.67. The van der Waals surface area contributed by atoms with E-state index in [0.717, 1.165) is 26.2 Å². The highest BCUT2D eigenvalue weighted by Crippen LogP contribution is 2.38. The Bertz CT molecular complexity index is 354. The Balaban J connectivity index is 2.21. The Morgan fingerprint density at radius 1 is 1.09 bits per heavy atom. The highest BCUT2D eigenvalue weighted by Gasteiger charge is 2.55. The van der Waals surface area contributed by atoms with E-state index in [4.69, 9.17) is 4.74 Å². The minimum atomic E-state index is -4.34. The van der Waals surface area contributed by atoms with Crippen LogP contribution in [0.5, 0.6) is 0 Å². The van der Waals surface area contributed by atoms with Crippen molar-refractivity contribution in [2.45, 2.75) is 90.3 Å². The van der Waals surface area contributed by atoms with E-state index in [1.165, 1.54) is 38.5 Å². The van der Waals surface area contributed by atoms with Crippen molar-refractivity contribution in [1.82, 2.24) is 0 Å². The summed E-state index contributed by atoms with van der Waals surface area (Å²) in [4.78, 5) is 3.81. The largest absolute Gasteiger partial charge is 0.478 e. The van der Waals surface area contributed by atoms with Crippen LogP contribution in [0.3, 0.4) is 0 Å². The quantitative estimate of drug-likeness (QED) is 0.459. The van der Waals surface area contributed by atoms with Gasteiger partial charge in [-0.1, -0.05) is 65.2 Å². The topological polar surface area (TPSA) is 21.6 Å². The van der Waals surface area contributed by atoms with E-state index in [1.807, 2.05) is 6.92 Å². The highest BCUT2D eigenvalue weighted by atomic mass is 19.4. The first kappa shape index (κ1) is 19.3. The molecule has 5 heteroatoms. The lowest BCUT2D eigenvalue weighted by Gasteiger charge is -2.21. The van der Waals surface area contributed by atoms with Crippen molar-refractivity contribution in [2.75, 3.05) is 6.61 Å². The zero-order valence-corrected chi connectivity index (χ0v) is 14.1. The van der Waals surface area contributed by atoms with Crippen LogP contribution in [-0.2, 0) is 4.74 Å². The summed E-state index contributed by atoms with van der Waals surface area (Å²) in [6.45, 7) is 4.83. The van der Waals surface area contributed by atoms with Crippen molar-refractivity contribution >= 4 is 5.90 Å². The molecule has 0 saturated heterocycles. The van der Waals surface area contributed by atoms with Crippen LogP contribution >= 0.6 is 0 Å². The Hall–Kier alpha value is -0.740. The van der Waals surface area contributed by atoms with Crippen molar-refractivity contribution < 1.29 is 17.9 Å². The number of hydrogen-bond acceptors (Lipinski definition) is 2. The summed E-state index contributed by atoms with van der Waals surface area (Å²) in [5, 5.41) is 0. The first-order valence-corrected chi connectivity index (χ1v) is 8.59. The normalized spacial score (nSPS) is 23.3. The van der Waals surface area contributed by atoms with Gasteiger partial charge in [0.25, 0.3) is 0 Å². The number of alkyl halides is 3. The maximum Gasteiger partial charge on any atom is 0.416 e. The van der Waals surface area contributed by atoms with Gasteiger partial charge in [-0.3, -0.25) is 0 Å². The molecular formula is C17H30F3NO.